The zero-order valence-corrected chi connectivity index (χ0v) is 18.6. The molecule has 0 aromatic carbocycles. The Bertz CT molecular complexity index is 1000. The van der Waals surface area contributed by atoms with Crippen molar-refractivity contribution in [2.75, 3.05) is 25.0 Å². The fourth-order valence-electron chi connectivity index (χ4n) is 3.66. The normalized spacial score (nSPS) is 22.6. The van der Waals surface area contributed by atoms with Gasteiger partial charge in [0.2, 0.25) is 16.0 Å². The number of hydrogen-bond acceptors (Lipinski definition) is 8. The first-order chi connectivity index (χ1) is 14.2. The SMILES string of the molecule is CO[C@H](c1ncc(Cl)cn1)[C@H](C)S(=O)(=O)Nc1nnc([C@@H]2CCOC2)n1C1(C)CC1. The highest BCUT2D eigenvalue weighted by atomic mass is 35.5. The van der Waals surface area contributed by atoms with Gasteiger partial charge in [-0.15, -0.1) is 10.2 Å². The molecule has 0 bridgehead atoms. The van der Waals surface area contributed by atoms with E-state index in [0.29, 0.717) is 18.2 Å². The number of sulfonamides is 1. The van der Waals surface area contributed by atoms with Crippen LogP contribution in [0.4, 0.5) is 5.95 Å². The number of hydrogen-bond donors (Lipinski definition) is 1. The van der Waals surface area contributed by atoms with E-state index in [-0.39, 0.29) is 23.2 Å². The molecule has 12 heteroatoms. The van der Waals surface area contributed by atoms with Crippen LogP contribution < -0.4 is 4.72 Å². The predicted octanol–water partition coefficient (Wildman–Crippen LogP) is 2.25. The van der Waals surface area contributed by atoms with Gasteiger partial charge in [0.25, 0.3) is 0 Å². The summed E-state index contributed by atoms with van der Waals surface area (Å²) >= 11 is 5.84. The van der Waals surface area contributed by atoms with Gasteiger partial charge in [0.15, 0.2) is 5.82 Å². The molecule has 0 amide bonds. The highest BCUT2D eigenvalue weighted by molar-refractivity contribution is 7.93. The Labute approximate surface area is 180 Å². The molecule has 10 nitrogen and oxygen atoms in total. The Morgan fingerprint density at radius 3 is 2.60 bits per heavy atom. The second kappa shape index (κ2) is 8.03. The van der Waals surface area contributed by atoms with Crippen LogP contribution in [0.25, 0.3) is 0 Å². The lowest BCUT2D eigenvalue weighted by molar-refractivity contribution is 0.0950. The van der Waals surface area contributed by atoms with Crippen molar-refractivity contribution in [2.24, 2.45) is 0 Å². The molecular weight excluding hydrogens is 432 g/mol. The third kappa shape index (κ3) is 4.03. The lowest BCUT2D eigenvalue weighted by Gasteiger charge is -2.23. The first-order valence-electron chi connectivity index (χ1n) is 9.80. The number of nitrogens with one attached hydrogen (secondary N) is 1. The number of ether oxygens (including phenoxy) is 2. The predicted molar refractivity (Wildman–Crippen MR) is 110 cm³/mol. The summed E-state index contributed by atoms with van der Waals surface area (Å²) < 4.78 is 41.8. The van der Waals surface area contributed by atoms with Gasteiger partial charge >= 0.3 is 0 Å². The summed E-state index contributed by atoms with van der Waals surface area (Å²) in [4.78, 5) is 8.21. The lowest BCUT2D eigenvalue weighted by atomic mass is 10.1. The van der Waals surface area contributed by atoms with Crippen LogP contribution in [0.15, 0.2) is 12.4 Å². The van der Waals surface area contributed by atoms with E-state index < -0.39 is 21.4 Å². The summed E-state index contributed by atoms with van der Waals surface area (Å²) in [5.41, 5.74) is -0.192. The van der Waals surface area contributed by atoms with Gasteiger partial charge < -0.3 is 9.47 Å². The fraction of sp³-hybridized carbons (Fsp3) is 0.667. The molecule has 2 aliphatic rings. The minimum absolute atomic E-state index is 0.111. The van der Waals surface area contributed by atoms with Crippen molar-refractivity contribution in [1.82, 2.24) is 24.7 Å². The van der Waals surface area contributed by atoms with Crippen molar-refractivity contribution in [3.05, 3.63) is 29.1 Å². The van der Waals surface area contributed by atoms with Crippen LogP contribution in [0.2, 0.25) is 5.02 Å². The Morgan fingerprint density at radius 1 is 1.33 bits per heavy atom. The maximum atomic E-state index is 13.2. The molecule has 1 aliphatic carbocycles. The van der Waals surface area contributed by atoms with Gasteiger partial charge in [0, 0.05) is 37.6 Å². The van der Waals surface area contributed by atoms with E-state index in [9.17, 15) is 8.42 Å². The van der Waals surface area contributed by atoms with E-state index in [0.717, 1.165) is 25.1 Å². The highest BCUT2D eigenvalue weighted by Crippen LogP contribution is 2.47. The van der Waals surface area contributed by atoms with Gasteiger partial charge in [-0.2, -0.15) is 0 Å². The topological polar surface area (TPSA) is 121 Å². The summed E-state index contributed by atoms with van der Waals surface area (Å²) in [6, 6.07) is 0. The summed E-state index contributed by atoms with van der Waals surface area (Å²) in [6.45, 7) is 4.86. The maximum Gasteiger partial charge on any atom is 0.240 e. The second-order valence-corrected chi connectivity index (χ2v) is 10.5. The number of aromatic nitrogens is 5. The highest BCUT2D eigenvalue weighted by Gasteiger charge is 2.45. The van der Waals surface area contributed by atoms with Crippen LogP contribution in [0.3, 0.4) is 0 Å². The minimum atomic E-state index is -3.89. The number of anilines is 1. The van der Waals surface area contributed by atoms with Crippen molar-refractivity contribution < 1.29 is 17.9 Å². The Kier molecular flexibility index (Phi) is 5.73. The summed E-state index contributed by atoms with van der Waals surface area (Å²) in [5, 5.41) is 7.87. The van der Waals surface area contributed by atoms with E-state index in [1.54, 1.807) is 6.92 Å². The third-order valence-electron chi connectivity index (χ3n) is 5.79. The minimum Gasteiger partial charge on any atom is -0.381 e. The molecule has 1 saturated carbocycles. The molecule has 2 aromatic heterocycles. The fourth-order valence-corrected chi connectivity index (χ4v) is 4.89. The molecule has 2 fully saturated rings. The smallest absolute Gasteiger partial charge is 0.240 e. The standard InChI is InChI=1S/C18H25ClN6O4S/c1-11(14(28-3)15-20-8-13(19)9-21-15)30(26,27)24-17-23-22-16(12-4-7-29-10-12)25(17)18(2)5-6-18/h8-9,11-12,14H,4-7,10H2,1-3H3,(H,23,24)/t11-,12+,14-/m0/s1. The summed E-state index contributed by atoms with van der Waals surface area (Å²) in [7, 11) is -2.47. The van der Waals surface area contributed by atoms with Crippen molar-refractivity contribution >= 4 is 27.6 Å². The molecular formula is C18H25ClN6O4S. The monoisotopic (exact) mass is 456 g/mol. The molecule has 0 spiro atoms. The molecule has 3 heterocycles. The van der Waals surface area contributed by atoms with E-state index in [1.165, 1.54) is 19.5 Å². The van der Waals surface area contributed by atoms with Crippen molar-refractivity contribution in [1.29, 1.82) is 0 Å². The van der Waals surface area contributed by atoms with Crippen LogP contribution >= 0.6 is 11.6 Å². The summed E-state index contributed by atoms with van der Waals surface area (Å²) in [6.07, 6.45) is 4.66. The molecule has 4 rings (SSSR count). The van der Waals surface area contributed by atoms with E-state index in [4.69, 9.17) is 21.1 Å². The molecule has 3 atom stereocenters. The van der Waals surface area contributed by atoms with Crippen molar-refractivity contribution in [3.8, 4) is 0 Å². The Balaban J connectivity index is 1.62. The van der Waals surface area contributed by atoms with Gasteiger partial charge in [-0.25, -0.2) is 18.4 Å². The Morgan fingerprint density at radius 2 is 2.03 bits per heavy atom. The number of methoxy groups -OCH3 is 1. The molecule has 0 unspecified atom stereocenters. The molecule has 1 N–H and O–H groups in total. The largest absolute Gasteiger partial charge is 0.381 e. The van der Waals surface area contributed by atoms with Crippen LogP contribution in [0.1, 0.15) is 56.8 Å². The zero-order chi connectivity index (χ0) is 21.5. The first-order valence-corrected chi connectivity index (χ1v) is 11.7. The quantitative estimate of drug-likeness (QED) is 0.641. The second-order valence-electron chi connectivity index (χ2n) is 8.04. The van der Waals surface area contributed by atoms with Crippen molar-refractivity contribution in [2.45, 2.75) is 55.9 Å². The Hall–Kier alpha value is -1.82. The van der Waals surface area contributed by atoms with Crippen LogP contribution in [-0.2, 0) is 25.0 Å². The average Bonchev–Trinajstić information content (AvgIpc) is 3.12. The lowest BCUT2D eigenvalue weighted by Crippen LogP contribution is -2.34. The number of rotatable bonds is 8. The van der Waals surface area contributed by atoms with Crippen LogP contribution in [0, 0.1) is 0 Å². The summed E-state index contributed by atoms with van der Waals surface area (Å²) in [5.74, 6) is 1.33. The molecule has 1 saturated heterocycles. The molecule has 0 radical (unpaired) electrons. The van der Waals surface area contributed by atoms with Gasteiger partial charge in [-0.05, 0) is 33.1 Å². The van der Waals surface area contributed by atoms with Gasteiger partial charge in [0.1, 0.15) is 17.2 Å². The zero-order valence-electron chi connectivity index (χ0n) is 17.1. The average molecular weight is 457 g/mol. The molecule has 2 aromatic rings. The van der Waals surface area contributed by atoms with Crippen LogP contribution in [0.5, 0.6) is 0 Å². The number of halogens is 1. The van der Waals surface area contributed by atoms with Gasteiger partial charge in [0.05, 0.1) is 11.6 Å². The molecule has 30 heavy (non-hydrogen) atoms. The molecule has 1 aliphatic heterocycles. The molecule has 164 valence electrons. The van der Waals surface area contributed by atoms with Crippen LogP contribution in [-0.4, -0.2) is 58.7 Å². The third-order valence-corrected chi connectivity index (χ3v) is 7.68. The van der Waals surface area contributed by atoms with E-state index in [2.05, 4.69) is 31.8 Å². The van der Waals surface area contributed by atoms with E-state index in [1.807, 2.05) is 4.57 Å². The van der Waals surface area contributed by atoms with Crippen molar-refractivity contribution in [3.63, 3.8) is 0 Å². The first kappa shape index (κ1) is 21.4. The van der Waals surface area contributed by atoms with Gasteiger partial charge in [-0.1, -0.05) is 11.6 Å². The number of nitrogens with zero attached hydrogens (tertiary/aromatic N) is 5. The van der Waals surface area contributed by atoms with Gasteiger partial charge in [-0.3, -0.25) is 9.29 Å². The van der Waals surface area contributed by atoms with E-state index >= 15 is 0 Å². The maximum absolute atomic E-state index is 13.2.